The summed E-state index contributed by atoms with van der Waals surface area (Å²) in [5.41, 5.74) is 2.99. The number of β-amino-alcohol motifs (C(OH)–C–C–N with tert-alkyl or cyclic N) is 1. The number of piperidine rings is 1. The molecule has 37 heavy (non-hydrogen) atoms. The lowest BCUT2D eigenvalue weighted by atomic mass is 10.0. The Labute approximate surface area is 212 Å². The molecule has 0 amide bonds. The fraction of sp³-hybridized carbons (Fsp3) is 0.400. The van der Waals surface area contributed by atoms with Crippen LogP contribution in [0, 0.1) is 22.7 Å². The van der Waals surface area contributed by atoms with Crippen LogP contribution in [0.3, 0.4) is 0 Å². The Bertz CT molecular complexity index is 1510. The minimum Gasteiger partial charge on any atom is -0.389 e. The van der Waals surface area contributed by atoms with Gasteiger partial charge in [-0.15, -0.1) is 5.10 Å². The van der Waals surface area contributed by atoms with Gasteiger partial charge in [0, 0.05) is 55.0 Å². The molecule has 1 aliphatic heterocycles. The number of hydrogen-bond donors (Lipinski definition) is 3. The molecule has 1 fully saturated rings. The normalized spacial score (nSPS) is 15.5. The molecular weight excluding hydrogens is 475 g/mol. The highest BCUT2D eigenvalue weighted by Crippen LogP contribution is 2.32. The van der Waals surface area contributed by atoms with Crippen molar-refractivity contribution in [3.8, 4) is 12.1 Å². The first kappa shape index (κ1) is 24.4. The quantitative estimate of drug-likeness (QED) is 0.331. The maximum absolute atomic E-state index is 12.7. The Kier molecular flexibility index (Phi) is 6.86. The van der Waals surface area contributed by atoms with Gasteiger partial charge < -0.3 is 25.2 Å². The molecule has 1 unspecified atom stereocenters. The average Bonchev–Trinajstić information content (AvgIpc) is 3.50. The molecule has 0 aliphatic carbocycles. The molecule has 4 heterocycles. The zero-order chi connectivity index (χ0) is 25.9. The van der Waals surface area contributed by atoms with E-state index in [1.54, 1.807) is 0 Å². The molecule has 190 valence electrons. The molecule has 0 radical (unpaired) electrons. The first-order valence-corrected chi connectivity index (χ1v) is 12.2. The summed E-state index contributed by atoms with van der Waals surface area (Å²) in [7, 11) is 0. The molecule has 1 aliphatic rings. The van der Waals surface area contributed by atoms with Crippen molar-refractivity contribution < 1.29 is 9.50 Å². The van der Waals surface area contributed by atoms with Gasteiger partial charge in [-0.3, -0.25) is 0 Å². The summed E-state index contributed by atoms with van der Waals surface area (Å²) in [6.07, 6.45) is 4.10. The van der Waals surface area contributed by atoms with Crippen LogP contribution in [-0.2, 0) is 0 Å². The van der Waals surface area contributed by atoms with Gasteiger partial charge in [0.25, 0.3) is 0 Å². The van der Waals surface area contributed by atoms with Crippen LogP contribution in [0.2, 0.25) is 0 Å². The first-order chi connectivity index (χ1) is 18.0. The number of fused-ring (bicyclic) bond motifs is 2. The van der Waals surface area contributed by atoms with E-state index in [1.807, 2.05) is 31.3 Å². The Balaban J connectivity index is 1.42. The number of benzene rings is 1. The minimum absolute atomic E-state index is 0.209. The zero-order valence-electron chi connectivity index (χ0n) is 20.4. The highest BCUT2D eigenvalue weighted by molar-refractivity contribution is 5.90. The topological polar surface area (TPSA) is 143 Å². The third-order valence-electron chi connectivity index (χ3n) is 6.63. The fourth-order valence-corrected chi connectivity index (χ4v) is 4.88. The molecule has 1 aromatic carbocycles. The van der Waals surface area contributed by atoms with E-state index < -0.39 is 12.8 Å². The monoisotopic (exact) mass is 502 g/mol. The average molecular weight is 503 g/mol. The van der Waals surface area contributed by atoms with Crippen LogP contribution in [-0.4, -0.2) is 73.1 Å². The second kappa shape index (κ2) is 10.4. The zero-order valence-corrected chi connectivity index (χ0v) is 20.4. The Morgan fingerprint density at radius 1 is 1.24 bits per heavy atom. The number of alkyl halides is 1. The van der Waals surface area contributed by atoms with E-state index in [0.29, 0.717) is 41.5 Å². The summed E-state index contributed by atoms with van der Waals surface area (Å²) >= 11 is 0. The molecule has 0 spiro atoms. The maximum Gasteiger partial charge on any atom is 0.247 e. The van der Waals surface area contributed by atoms with Gasteiger partial charge in [-0.05, 0) is 38.0 Å². The van der Waals surface area contributed by atoms with Crippen LogP contribution in [0.1, 0.15) is 37.1 Å². The van der Waals surface area contributed by atoms with Crippen LogP contribution in [0.5, 0.6) is 0 Å². The number of aromatic nitrogens is 5. The fourth-order valence-electron chi connectivity index (χ4n) is 4.88. The van der Waals surface area contributed by atoms with Gasteiger partial charge in [-0.25, -0.2) is 9.37 Å². The second-order valence-electron chi connectivity index (χ2n) is 9.06. The third-order valence-corrected chi connectivity index (χ3v) is 6.63. The van der Waals surface area contributed by atoms with Crippen molar-refractivity contribution in [1.82, 2.24) is 29.0 Å². The van der Waals surface area contributed by atoms with Crippen molar-refractivity contribution in [3.63, 3.8) is 0 Å². The Hall–Kier alpha value is -4.26. The Morgan fingerprint density at radius 2 is 2.05 bits per heavy atom. The molecular formula is C25H27FN10O. The molecule has 0 saturated carbocycles. The summed E-state index contributed by atoms with van der Waals surface area (Å²) in [4.78, 5) is 10.8. The van der Waals surface area contributed by atoms with Crippen LogP contribution in [0.4, 0.5) is 21.8 Å². The van der Waals surface area contributed by atoms with Gasteiger partial charge in [0.2, 0.25) is 5.95 Å². The van der Waals surface area contributed by atoms with Gasteiger partial charge >= 0.3 is 0 Å². The number of likely N-dealkylation sites (tertiary alicyclic amines) is 1. The first-order valence-electron chi connectivity index (χ1n) is 12.2. The van der Waals surface area contributed by atoms with Crippen molar-refractivity contribution >= 4 is 34.0 Å². The number of aliphatic hydroxyl groups is 1. The molecule has 3 N–H and O–H groups in total. The summed E-state index contributed by atoms with van der Waals surface area (Å²) in [6, 6.07) is 10.4. The number of hydrogen-bond acceptors (Lipinski definition) is 9. The summed E-state index contributed by atoms with van der Waals surface area (Å²) < 4.78 is 16.3. The lowest BCUT2D eigenvalue weighted by molar-refractivity contribution is 0.0735. The predicted octanol–water partition coefficient (Wildman–Crippen LogP) is 2.97. The molecule has 1 saturated heterocycles. The maximum atomic E-state index is 12.7. The van der Waals surface area contributed by atoms with E-state index in [2.05, 4.69) is 47.3 Å². The minimum atomic E-state index is -0.945. The van der Waals surface area contributed by atoms with Crippen LogP contribution in [0.25, 0.3) is 16.6 Å². The lowest BCUT2D eigenvalue weighted by Gasteiger charge is -2.33. The highest BCUT2D eigenvalue weighted by atomic mass is 19.1. The van der Waals surface area contributed by atoms with E-state index >= 15 is 0 Å². The standard InChI is InChI=1S/C25H27FN10O/c1-2-29-23-24-30-13-19(12-28)36(24)33-25(32-23)31-17-3-4-22-21(9-17)16(11-27)14-35(22)18-5-7-34(8-6-18)15-20(37)10-26/h3-4,9,13-14,18,20,37H,2,5-8,10,15H2,1H3,(H2,29,31,32,33). The highest BCUT2D eigenvalue weighted by Gasteiger charge is 2.24. The van der Waals surface area contributed by atoms with Gasteiger partial charge in [0.05, 0.1) is 17.9 Å². The van der Waals surface area contributed by atoms with Crippen LogP contribution < -0.4 is 10.6 Å². The van der Waals surface area contributed by atoms with Gasteiger partial charge in [0.1, 0.15) is 18.8 Å². The molecule has 11 nitrogen and oxygen atoms in total. The van der Waals surface area contributed by atoms with Gasteiger partial charge in [0.15, 0.2) is 17.2 Å². The number of imidazole rings is 1. The number of nitrogens with one attached hydrogen (secondary N) is 2. The van der Waals surface area contributed by atoms with Gasteiger partial charge in [-0.2, -0.15) is 20.0 Å². The van der Waals surface area contributed by atoms with E-state index in [-0.39, 0.29) is 12.0 Å². The number of rotatable bonds is 8. The number of nitrogens with zero attached hydrogens (tertiary/aromatic N) is 8. The number of aliphatic hydroxyl groups excluding tert-OH is 1. The second-order valence-corrected chi connectivity index (χ2v) is 9.06. The summed E-state index contributed by atoms with van der Waals surface area (Å²) in [6.45, 7) is 3.69. The molecule has 5 rings (SSSR count). The van der Waals surface area contributed by atoms with Crippen molar-refractivity contribution in [3.05, 3.63) is 41.9 Å². The van der Waals surface area contributed by atoms with Crippen molar-refractivity contribution in [2.45, 2.75) is 31.9 Å². The Morgan fingerprint density at radius 3 is 2.76 bits per heavy atom. The van der Waals surface area contributed by atoms with E-state index in [0.717, 1.165) is 36.8 Å². The number of anilines is 3. The largest absolute Gasteiger partial charge is 0.389 e. The molecule has 3 aromatic heterocycles. The number of halogens is 1. The lowest BCUT2D eigenvalue weighted by Crippen LogP contribution is -2.39. The molecule has 0 bridgehead atoms. The molecule has 12 heteroatoms. The van der Waals surface area contributed by atoms with E-state index in [9.17, 15) is 20.0 Å². The van der Waals surface area contributed by atoms with Crippen LogP contribution in [0.15, 0.2) is 30.6 Å². The van der Waals surface area contributed by atoms with E-state index in [1.165, 1.54) is 10.7 Å². The van der Waals surface area contributed by atoms with Crippen molar-refractivity contribution in [2.24, 2.45) is 0 Å². The van der Waals surface area contributed by atoms with Crippen molar-refractivity contribution in [2.75, 3.05) is 43.5 Å². The summed E-state index contributed by atoms with van der Waals surface area (Å²) in [5, 5.41) is 40.4. The predicted molar refractivity (Wildman–Crippen MR) is 136 cm³/mol. The SMILES string of the molecule is CCNc1nc(Nc2ccc3c(c2)c(C#N)cn3C2CCN(CC(O)CF)CC2)nn2c(C#N)cnc12. The summed E-state index contributed by atoms with van der Waals surface area (Å²) in [5.74, 6) is 0.801. The molecule has 4 aromatic rings. The van der Waals surface area contributed by atoms with Gasteiger partial charge in [-0.1, -0.05) is 0 Å². The van der Waals surface area contributed by atoms with Crippen LogP contribution >= 0.6 is 0 Å². The van der Waals surface area contributed by atoms with E-state index in [4.69, 9.17) is 0 Å². The van der Waals surface area contributed by atoms with Crippen molar-refractivity contribution in [1.29, 1.82) is 10.5 Å². The third kappa shape index (κ3) is 4.77. The smallest absolute Gasteiger partial charge is 0.247 e. The number of nitriles is 2. The molecule has 1 atom stereocenters.